The summed E-state index contributed by atoms with van der Waals surface area (Å²) in [5.74, 6) is 0. The van der Waals surface area contributed by atoms with Gasteiger partial charge in [0.05, 0.1) is 18.2 Å². The highest BCUT2D eigenvalue weighted by Crippen LogP contribution is 2.20. The van der Waals surface area contributed by atoms with E-state index >= 15 is 0 Å². The van der Waals surface area contributed by atoms with Crippen LogP contribution in [-0.4, -0.2) is 15.0 Å². The van der Waals surface area contributed by atoms with Crippen molar-refractivity contribution in [2.45, 2.75) is 24.8 Å². The van der Waals surface area contributed by atoms with Crippen molar-refractivity contribution >= 4 is 15.7 Å². The van der Waals surface area contributed by atoms with Crippen LogP contribution in [0.4, 0.5) is 5.69 Å². The Balaban J connectivity index is 2.16. The first-order valence-electron chi connectivity index (χ1n) is 6.47. The molecular weight excluding hydrogens is 276 g/mol. The van der Waals surface area contributed by atoms with Gasteiger partial charge in [-0.25, -0.2) is 13.1 Å². The molecule has 0 aliphatic carbocycles. The number of rotatable bonds is 7. The zero-order valence-electron chi connectivity index (χ0n) is 11.3. The SMILES string of the molecule is CCCNc1ccccc1S(=O)(=O)NCc1ccoc1. The van der Waals surface area contributed by atoms with Crippen molar-refractivity contribution in [2.75, 3.05) is 11.9 Å². The maximum Gasteiger partial charge on any atom is 0.242 e. The van der Waals surface area contributed by atoms with Crippen molar-refractivity contribution < 1.29 is 12.8 Å². The molecule has 6 heteroatoms. The Labute approximate surface area is 119 Å². The molecule has 0 aliphatic heterocycles. The molecule has 0 saturated heterocycles. The van der Waals surface area contributed by atoms with Gasteiger partial charge in [0.2, 0.25) is 10.0 Å². The molecule has 1 heterocycles. The van der Waals surface area contributed by atoms with Crippen molar-refractivity contribution in [1.29, 1.82) is 0 Å². The average Bonchev–Trinajstić information content (AvgIpc) is 2.97. The van der Waals surface area contributed by atoms with Crippen LogP contribution in [0.25, 0.3) is 0 Å². The lowest BCUT2D eigenvalue weighted by Gasteiger charge is -2.12. The molecule has 108 valence electrons. The number of para-hydroxylation sites is 1. The van der Waals surface area contributed by atoms with Crippen LogP contribution < -0.4 is 10.0 Å². The van der Waals surface area contributed by atoms with Gasteiger partial charge in [0.15, 0.2) is 0 Å². The topological polar surface area (TPSA) is 71.3 Å². The lowest BCUT2D eigenvalue weighted by molar-refractivity contribution is 0.561. The van der Waals surface area contributed by atoms with Crippen LogP contribution in [0.15, 0.2) is 52.2 Å². The summed E-state index contributed by atoms with van der Waals surface area (Å²) >= 11 is 0. The predicted octanol–water partition coefficient (Wildman–Crippen LogP) is 2.58. The minimum Gasteiger partial charge on any atom is -0.472 e. The molecule has 0 radical (unpaired) electrons. The summed E-state index contributed by atoms with van der Waals surface area (Å²) < 4.78 is 32.1. The summed E-state index contributed by atoms with van der Waals surface area (Å²) in [6.07, 6.45) is 3.96. The van der Waals surface area contributed by atoms with Crippen LogP contribution in [0.2, 0.25) is 0 Å². The van der Waals surface area contributed by atoms with Crippen molar-refractivity contribution in [1.82, 2.24) is 4.72 Å². The summed E-state index contributed by atoms with van der Waals surface area (Å²) in [6, 6.07) is 8.61. The van der Waals surface area contributed by atoms with Crippen LogP contribution in [-0.2, 0) is 16.6 Å². The Bertz CT molecular complexity index is 636. The van der Waals surface area contributed by atoms with Gasteiger partial charge >= 0.3 is 0 Å². The highest BCUT2D eigenvalue weighted by atomic mass is 32.2. The average molecular weight is 294 g/mol. The highest BCUT2D eigenvalue weighted by Gasteiger charge is 2.17. The quantitative estimate of drug-likeness (QED) is 0.823. The molecule has 0 aliphatic rings. The van der Waals surface area contributed by atoms with E-state index in [9.17, 15) is 8.42 Å². The fraction of sp³-hybridized carbons (Fsp3) is 0.286. The maximum atomic E-state index is 12.3. The normalized spacial score (nSPS) is 11.4. The third-order valence-corrected chi connectivity index (χ3v) is 4.25. The summed E-state index contributed by atoms with van der Waals surface area (Å²) in [5.41, 5.74) is 1.40. The number of hydrogen-bond acceptors (Lipinski definition) is 4. The van der Waals surface area contributed by atoms with E-state index in [2.05, 4.69) is 10.0 Å². The molecule has 0 amide bonds. The third kappa shape index (κ3) is 3.61. The van der Waals surface area contributed by atoms with Crippen molar-refractivity contribution in [3.8, 4) is 0 Å². The molecule has 0 atom stereocenters. The predicted molar refractivity (Wildman–Crippen MR) is 78.0 cm³/mol. The summed E-state index contributed by atoms with van der Waals surface area (Å²) in [6.45, 7) is 2.97. The molecule has 0 fully saturated rings. The first kappa shape index (κ1) is 14.6. The van der Waals surface area contributed by atoms with Crippen LogP contribution in [0, 0.1) is 0 Å². The second kappa shape index (κ2) is 6.58. The van der Waals surface area contributed by atoms with E-state index < -0.39 is 10.0 Å². The van der Waals surface area contributed by atoms with Gasteiger partial charge in [-0.15, -0.1) is 0 Å². The number of hydrogen-bond donors (Lipinski definition) is 2. The lowest BCUT2D eigenvalue weighted by Crippen LogP contribution is -2.24. The third-order valence-electron chi connectivity index (χ3n) is 2.79. The van der Waals surface area contributed by atoms with Gasteiger partial charge < -0.3 is 9.73 Å². The highest BCUT2D eigenvalue weighted by molar-refractivity contribution is 7.89. The standard InChI is InChI=1S/C14H18N2O3S/c1-2-8-15-13-5-3-4-6-14(13)20(17,18)16-10-12-7-9-19-11-12/h3-7,9,11,15-16H,2,8,10H2,1H3. The van der Waals surface area contributed by atoms with Crippen LogP contribution in [0.3, 0.4) is 0 Å². The fourth-order valence-corrected chi connectivity index (χ4v) is 2.96. The summed E-state index contributed by atoms with van der Waals surface area (Å²) in [5, 5.41) is 3.12. The fourth-order valence-electron chi connectivity index (χ4n) is 1.76. The van der Waals surface area contributed by atoms with E-state index in [0.717, 1.165) is 18.5 Å². The van der Waals surface area contributed by atoms with Crippen LogP contribution in [0.1, 0.15) is 18.9 Å². The molecule has 2 rings (SSSR count). The molecule has 2 aromatic rings. The van der Waals surface area contributed by atoms with Gasteiger partial charge in [-0.1, -0.05) is 19.1 Å². The Morgan fingerprint density at radius 1 is 1.20 bits per heavy atom. The molecular formula is C14H18N2O3S. The molecule has 0 bridgehead atoms. The van der Waals surface area contributed by atoms with E-state index in [1.165, 1.54) is 12.5 Å². The van der Waals surface area contributed by atoms with Crippen molar-refractivity contribution in [2.24, 2.45) is 0 Å². The lowest BCUT2D eigenvalue weighted by atomic mass is 10.3. The molecule has 1 aromatic heterocycles. The minimum absolute atomic E-state index is 0.209. The van der Waals surface area contributed by atoms with Gasteiger partial charge in [0.1, 0.15) is 4.90 Å². The minimum atomic E-state index is -3.55. The summed E-state index contributed by atoms with van der Waals surface area (Å²) in [4.78, 5) is 0.261. The van der Waals surface area contributed by atoms with Gasteiger partial charge in [0.25, 0.3) is 0 Å². The second-order valence-corrected chi connectivity index (χ2v) is 6.11. The van der Waals surface area contributed by atoms with E-state index in [-0.39, 0.29) is 11.4 Å². The van der Waals surface area contributed by atoms with E-state index in [0.29, 0.717) is 5.69 Å². The van der Waals surface area contributed by atoms with Crippen molar-refractivity contribution in [3.63, 3.8) is 0 Å². The van der Waals surface area contributed by atoms with Crippen molar-refractivity contribution in [3.05, 3.63) is 48.4 Å². The summed E-state index contributed by atoms with van der Waals surface area (Å²) in [7, 11) is -3.55. The van der Waals surface area contributed by atoms with Gasteiger partial charge in [-0.3, -0.25) is 0 Å². The number of sulfonamides is 1. The zero-order chi connectivity index (χ0) is 14.4. The monoisotopic (exact) mass is 294 g/mol. The molecule has 0 spiro atoms. The second-order valence-electron chi connectivity index (χ2n) is 4.38. The Morgan fingerprint density at radius 2 is 2.00 bits per heavy atom. The number of furan rings is 1. The smallest absolute Gasteiger partial charge is 0.242 e. The largest absolute Gasteiger partial charge is 0.472 e. The molecule has 0 unspecified atom stereocenters. The molecule has 1 aromatic carbocycles. The van der Waals surface area contributed by atoms with Crippen LogP contribution >= 0.6 is 0 Å². The molecule has 5 nitrogen and oxygen atoms in total. The maximum absolute atomic E-state index is 12.3. The van der Waals surface area contributed by atoms with E-state index in [4.69, 9.17) is 4.42 Å². The van der Waals surface area contributed by atoms with Gasteiger partial charge in [0, 0.05) is 18.7 Å². The van der Waals surface area contributed by atoms with E-state index in [1.54, 1.807) is 24.3 Å². The first-order valence-corrected chi connectivity index (χ1v) is 7.95. The van der Waals surface area contributed by atoms with Gasteiger partial charge in [-0.05, 0) is 24.6 Å². The first-order chi connectivity index (χ1) is 9.63. The van der Waals surface area contributed by atoms with Gasteiger partial charge in [-0.2, -0.15) is 0 Å². The molecule has 20 heavy (non-hydrogen) atoms. The van der Waals surface area contributed by atoms with Crippen LogP contribution in [0.5, 0.6) is 0 Å². The number of nitrogens with one attached hydrogen (secondary N) is 2. The van der Waals surface area contributed by atoms with E-state index in [1.807, 2.05) is 13.0 Å². The Kier molecular flexibility index (Phi) is 4.81. The Hall–Kier alpha value is -1.79. The molecule has 0 saturated carbocycles. The Morgan fingerprint density at radius 3 is 2.70 bits per heavy atom. The number of anilines is 1. The zero-order valence-corrected chi connectivity index (χ0v) is 12.1. The number of benzene rings is 1. The molecule has 2 N–H and O–H groups in total.